The van der Waals surface area contributed by atoms with E-state index in [9.17, 15) is 0 Å². The molecule has 12 aromatic rings. The quantitative estimate of drug-likeness (QED) is 0.187. The smallest absolute Gasteiger partial charge is 0.129 e. The summed E-state index contributed by atoms with van der Waals surface area (Å²) >= 11 is 0. The van der Waals surface area contributed by atoms with Crippen LogP contribution in [0.4, 0.5) is 11.4 Å². The van der Waals surface area contributed by atoms with E-state index in [-0.39, 0.29) is 12.2 Å². The van der Waals surface area contributed by atoms with Gasteiger partial charge in [-0.05, 0) is 80.7 Å². The normalized spacial score (nSPS) is 16.6. The predicted molar refractivity (Wildman–Crippen MR) is 253 cm³/mol. The molecule has 2 unspecified atom stereocenters. The third-order valence-electron chi connectivity index (χ3n) is 14.0. The van der Waals surface area contributed by atoms with Gasteiger partial charge in [0.25, 0.3) is 0 Å². The van der Waals surface area contributed by atoms with E-state index in [4.69, 9.17) is 0 Å². The Hall–Kier alpha value is -7.82. The van der Waals surface area contributed by atoms with Gasteiger partial charge in [-0.2, -0.15) is 0 Å². The number of fused-ring (bicyclic) bond motifs is 9. The van der Waals surface area contributed by atoms with Crippen LogP contribution in [0.2, 0.25) is 0 Å². The first-order chi connectivity index (χ1) is 30.3. The van der Waals surface area contributed by atoms with E-state index in [0.29, 0.717) is 0 Å². The van der Waals surface area contributed by atoms with Gasteiger partial charge >= 0.3 is 0 Å². The first-order valence-electron chi connectivity index (χ1n) is 21.3. The number of aromatic nitrogens is 2. The lowest BCUT2D eigenvalue weighted by atomic mass is 9.67. The summed E-state index contributed by atoms with van der Waals surface area (Å²) < 4.78 is 5.11. The SMILES string of the molecule is c1ccc(C2(c3ccccc3)c3ccccc3-c3ccc(C4Nc5ccccc5NC4n4c5cccc6c7cccc8c9ccccc9n(c9cccc4c9c65)c78)cc32)cc1. The number of hydrogen-bond acceptors (Lipinski definition) is 2. The molecular weight excluding hydrogens is 741 g/mol. The van der Waals surface area contributed by atoms with E-state index in [1.165, 1.54) is 98.8 Å². The van der Waals surface area contributed by atoms with Crippen molar-refractivity contribution < 1.29 is 0 Å². The van der Waals surface area contributed by atoms with Crippen LogP contribution in [0.1, 0.15) is 40.0 Å². The van der Waals surface area contributed by atoms with Crippen molar-refractivity contribution in [1.82, 2.24) is 8.97 Å². The van der Waals surface area contributed by atoms with Crippen molar-refractivity contribution in [2.75, 3.05) is 10.6 Å². The zero-order valence-electron chi connectivity index (χ0n) is 33.2. The number of nitrogens with one attached hydrogen (secondary N) is 2. The number of nitrogens with zero attached hydrogens (tertiary/aromatic N) is 2. The molecule has 2 atom stereocenters. The average Bonchev–Trinajstić information content (AvgIpc) is 3.93. The second kappa shape index (κ2) is 12.1. The van der Waals surface area contributed by atoms with E-state index in [1.54, 1.807) is 0 Å². The van der Waals surface area contributed by atoms with Crippen molar-refractivity contribution in [2.24, 2.45) is 0 Å². The molecule has 0 fully saturated rings. The Bertz CT molecular complexity index is 3690. The second-order valence-electron chi connectivity index (χ2n) is 16.9. The second-order valence-corrected chi connectivity index (χ2v) is 16.9. The zero-order chi connectivity index (χ0) is 39.8. The van der Waals surface area contributed by atoms with Crippen molar-refractivity contribution >= 4 is 71.3 Å². The molecule has 1 aliphatic carbocycles. The Morgan fingerprint density at radius 2 is 0.951 bits per heavy atom. The van der Waals surface area contributed by atoms with Gasteiger partial charge < -0.3 is 19.6 Å². The van der Waals surface area contributed by atoms with Crippen molar-refractivity contribution in [1.29, 1.82) is 0 Å². The van der Waals surface area contributed by atoms with E-state index in [2.05, 4.69) is 226 Å². The lowest BCUT2D eigenvalue weighted by molar-refractivity contribution is 0.505. The minimum atomic E-state index is -0.494. The highest BCUT2D eigenvalue weighted by atomic mass is 15.3. The summed E-state index contributed by atoms with van der Waals surface area (Å²) in [4.78, 5) is 0. The zero-order valence-corrected chi connectivity index (χ0v) is 33.2. The molecule has 2 aliphatic rings. The Balaban J connectivity index is 1.07. The van der Waals surface area contributed by atoms with Gasteiger partial charge in [-0.1, -0.05) is 170 Å². The summed E-state index contributed by atoms with van der Waals surface area (Å²) in [6, 6.07) is 76.6. The molecule has 4 heterocycles. The highest BCUT2D eigenvalue weighted by molar-refractivity contribution is 6.31. The highest BCUT2D eigenvalue weighted by Crippen LogP contribution is 2.57. The Morgan fingerprint density at radius 3 is 1.75 bits per heavy atom. The third kappa shape index (κ3) is 4.23. The van der Waals surface area contributed by atoms with Crippen molar-refractivity contribution in [3.8, 4) is 11.1 Å². The first-order valence-corrected chi connectivity index (χ1v) is 21.3. The lowest BCUT2D eigenvalue weighted by Gasteiger charge is -2.39. The van der Waals surface area contributed by atoms with Crippen LogP contribution in [0.15, 0.2) is 206 Å². The fourth-order valence-electron chi connectivity index (χ4n) is 11.7. The molecule has 0 saturated heterocycles. The Kier molecular flexibility index (Phi) is 6.57. The predicted octanol–water partition coefficient (Wildman–Crippen LogP) is 14.1. The van der Waals surface area contributed by atoms with Gasteiger partial charge in [0, 0.05) is 26.9 Å². The molecular formula is C57H38N4. The Morgan fingerprint density at radius 1 is 0.393 bits per heavy atom. The summed E-state index contributed by atoms with van der Waals surface area (Å²) in [7, 11) is 0. The van der Waals surface area contributed by atoms with Crippen LogP contribution in [0.3, 0.4) is 0 Å². The maximum absolute atomic E-state index is 4.13. The molecule has 3 aromatic heterocycles. The molecule has 0 spiro atoms. The van der Waals surface area contributed by atoms with Gasteiger partial charge in [-0.15, -0.1) is 0 Å². The van der Waals surface area contributed by atoms with Crippen LogP contribution in [0.25, 0.3) is 71.0 Å². The maximum atomic E-state index is 4.13. The van der Waals surface area contributed by atoms with Crippen molar-refractivity contribution in [3.63, 3.8) is 0 Å². The monoisotopic (exact) mass is 778 g/mol. The molecule has 61 heavy (non-hydrogen) atoms. The summed E-state index contributed by atoms with van der Waals surface area (Å²) in [6.45, 7) is 0. The van der Waals surface area contributed by atoms with Crippen LogP contribution in [0.5, 0.6) is 0 Å². The molecule has 4 heteroatoms. The standard InChI is InChI=1S/C57H38N4/c1-3-16-36(17-4-1)57(37-18-5-2-6-19-37)44-25-9-7-20-38(44)39-33-32-35(34-45(39)57)54-56(59-47-27-11-10-26-46(47)58-54)61-49-29-14-22-41-43-24-13-23-42-40-21-8-12-28-48(40)60(55(42)43)50-30-15-31-51(61)53(50)52(41)49/h1-34,54,56,58-59H. The molecule has 286 valence electrons. The molecule has 2 N–H and O–H groups in total. The molecule has 4 nitrogen and oxygen atoms in total. The van der Waals surface area contributed by atoms with Crippen LogP contribution < -0.4 is 10.6 Å². The highest BCUT2D eigenvalue weighted by Gasteiger charge is 2.47. The number of benzene rings is 9. The van der Waals surface area contributed by atoms with Crippen molar-refractivity contribution in [3.05, 3.63) is 234 Å². The minimum Gasteiger partial charge on any atom is -0.373 e. The first kappa shape index (κ1) is 33.1. The van der Waals surface area contributed by atoms with Crippen LogP contribution >= 0.6 is 0 Å². The van der Waals surface area contributed by atoms with Crippen molar-refractivity contribution in [2.45, 2.75) is 17.6 Å². The molecule has 0 radical (unpaired) electrons. The molecule has 9 aromatic carbocycles. The third-order valence-corrected chi connectivity index (χ3v) is 14.0. The minimum absolute atomic E-state index is 0.131. The number of hydrogen-bond donors (Lipinski definition) is 2. The fraction of sp³-hybridized carbons (Fsp3) is 0.0526. The lowest BCUT2D eigenvalue weighted by Crippen LogP contribution is -2.34. The summed E-state index contributed by atoms with van der Waals surface area (Å²) in [6.07, 6.45) is -0.179. The van der Waals surface area contributed by atoms with Gasteiger partial charge in [0.1, 0.15) is 6.17 Å². The van der Waals surface area contributed by atoms with Gasteiger partial charge in [0.2, 0.25) is 0 Å². The average molecular weight is 779 g/mol. The molecule has 0 bridgehead atoms. The van der Waals surface area contributed by atoms with E-state index in [1.807, 2.05) is 0 Å². The van der Waals surface area contributed by atoms with Crippen LogP contribution in [-0.2, 0) is 5.41 Å². The van der Waals surface area contributed by atoms with Gasteiger partial charge in [-0.3, -0.25) is 0 Å². The van der Waals surface area contributed by atoms with Gasteiger partial charge in [-0.25, -0.2) is 0 Å². The molecule has 14 rings (SSSR count). The van der Waals surface area contributed by atoms with E-state index in [0.717, 1.165) is 11.4 Å². The topological polar surface area (TPSA) is 33.4 Å². The molecule has 0 amide bonds. The molecule has 0 saturated carbocycles. The Labute approximate surface area is 352 Å². The summed E-state index contributed by atoms with van der Waals surface area (Å²) in [5, 5.41) is 15.9. The van der Waals surface area contributed by atoms with Crippen LogP contribution in [0, 0.1) is 0 Å². The van der Waals surface area contributed by atoms with E-state index >= 15 is 0 Å². The number of rotatable bonds is 4. The summed E-state index contributed by atoms with van der Waals surface area (Å²) in [5.41, 5.74) is 16.8. The van der Waals surface area contributed by atoms with Crippen LogP contribution in [-0.4, -0.2) is 8.97 Å². The fourth-order valence-corrected chi connectivity index (χ4v) is 11.7. The summed E-state index contributed by atoms with van der Waals surface area (Å²) in [5.74, 6) is 0. The number of anilines is 2. The largest absolute Gasteiger partial charge is 0.373 e. The van der Waals surface area contributed by atoms with Gasteiger partial charge in [0.05, 0.1) is 50.4 Å². The maximum Gasteiger partial charge on any atom is 0.129 e. The molecule has 1 aliphatic heterocycles. The number of para-hydroxylation sites is 4. The van der Waals surface area contributed by atoms with Gasteiger partial charge in [0.15, 0.2) is 0 Å². The van der Waals surface area contributed by atoms with E-state index < -0.39 is 5.41 Å².